The molecular formula is C17H26N4O3. The summed E-state index contributed by atoms with van der Waals surface area (Å²) < 4.78 is 1.23. The standard InChI is InChI=1S/C17H26N4O3/c1-16(2)8-17(9-19(3)4)10-21(7-12(16)17)14(23)11-6-20(5)15(24)18-13(11)22/h6,12H,7-10H2,1-5H3,(H,18,22,24)/t12-,17+/m1/s1. The first-order valence-corrected chi connectivity index (χ1v) is 8.30. The number of H-pyrrole nitrogens is 1. The van der Waals surface area contributed by atoms with E-state index in [1.165, 1.54) is 17.8 Å². The molecule has 7 nitrogen and oxygen atoms in total. The van der Waals surface area contributed by atoms with Gasteiger partial charge in [0.25, 0.3) is 11.5 Å². The smallest absolute Gasteiger partial charge is 0.328 e. The number of amides is 1. The summed E-state index contributed by atoms with van der Waals surface area (Å²) in [5, 5.41) is 0. The molecule has 0 radical (unpaired) electrons. The van der Waals surface area contributed by atoms with Crippen LogP contribution >= 0.6 is 0 Å². The maximum atomic E-state index is 12.9. The minimum Gasteiger partial charge on any atom is -0.337 e. The van der Waals surface area contributed by atoms with Gasteiger partial charge in [0.1, 0.15) is 5.56 Å². The largest absolute Gasteiger partial charge is 0.337 e. The van der Waals surface area contributed by atoms with Crippen molar-refractivity contribution in [3.63, 3.8) is 0 Å². The quantitative estimate of drug-likeness (QED) is 0.852. The van der Waals surface area contributed by atoms with Gasteiger partial charge in [0.05, 0.1) is 0 Å². The summed E-state index contributed by atoms with van der Waals surface area (Å²) in [7, 11) is 5.64. The summed E-state index contributed by atoms with van der Waals surface area (Å²) in [6.07, 6.45) is 2.42. The molecule has 0 unspecified atom stereocenters. The molecule has 1 aromatic rings. The number of likely N-dealkylation sites (tertiary alicyclic amines) is 1. The van der Waals surface area contributed by atoms with Gasteiger partial charge >= 0.3 is 5.69 Å². The van der Waals surface area contributed by atoms with Crippen molar-refractivity contribution >= 4 is 5.91 Å². The van der Waals surface area contributed by atoms with Crippen LogP contribution in [0.1, 0.15) is 30.6 Å². The Morgan fingerprint density at radius 2 is 2.04 bits per heavy atom. The zero-order valence-electron chi connectivity index (χ0n) is 15.0. The van der Waals surface area contributed by atoms with Crippen molar-refractivity contribution in [3.8, 4) is 0 Å². The number of nitrogens with zero attached hydrogens (tertiary/aromatic N) is 3. The number of aromatic nitrogens is 2. The second-order valence-corrected chi connectivity index (χ2v) is 8.42. The molecular weight excluding hydrogens is 308 g/mol. The molecule has 0 bridgehead atoms. The number of carbonyl (C=O) groups excluding carboxylic acids is 1. The van der Waals surface area contributed by atoms with Crippen molar-refractivity contribution in [1.82, 2.24) is 19.4 Å². The molecule has 132 valence electrons. The van der Waals surface area contributed by atoms with Crippen LogP contribution in [-0.2, 0) is 7.05 Å². The third-order valence-electron chi connectivity index (χ3n) is 5.66. The molecule has 0 aromatic carbocycles. The predicted molar refractivity (Wildman–Crippen MR) is 91.1 cm³/mol. The molecule has 1 N–H and O–H groups in total. The van der Waals surface area contributed by atoms with Gasteiger partial charge in [-0.2, -0.15) is 0 Å². The molecule has 1 saturated carbocycles. The number of aromatic amines is 1. The Bertz CT molecular complexity index is 788. The second kappa shape index (κ2) is 5.31. The van der Waals surface area contributed by atoms with E-state index in [2.05, 4.69) is 37.8 Å². The van der Waals surface area contributed by atoms with Crippen molar-refractivity contribution < 1.29 is 4.79 Å². The van der Waals surface area contributed by atoms with E-state index < -0.39 is 11.2 Å². The van der Waals surface area contributed by atoms with Gasteiger partial charge in [0, 0.05) is 38.3 Å². The van der Waals surface area contributed by atoms with Crippen LogP contribution < -0.4 is 11.2 Å². The third kappa shape index (κ3) is 2.51. The monoisotopic (exact) mass is 334 g/mol. The van der Waals surface area contributed by atoms with Crippen LogP contribution in [-0.4, -0.2) is 59.0 Å². The highest BCUT2D eigenvalue weighted by Gasteiger charge is 2.63. The van der Waals surface area contributed by atoms with Crippen molar-refractivity contribution in [2.24, 2.45) is 23.8 Å². The first-order chi connectivity index (χ1) is 11.1. The molecule has 3 rings (SSSR count). The van der Waals surface area contributed by atoms with E-state index >= 15 is 0 Å². The number of fused-ring (bicyclic) bond motifs is 1. The zero-order valence-corrected chi connectivity index (χ0v) is 15.0. The Balaban J connectivity index is 1.89. The summed E-state index contributed by atoms with van der Waals surface area (Å²) in [6.45, 7) is 6.77. The van der Waals surface area contributed by atoms with Crippen LogP contribution in [0, 0.1) is 16.7 Å². The van der Waals surface area contributed by atoms with Gasteiger partial charge in [-0.15, -0.1) is 0 Å². The molecule has 2 fully saturated rings. The molecule has 2 aliphatic rings. The second-order valence-electron chi connectivity index (χ2n) is 8.42. The summed E-state index contributed by atoms with van der Waals surface area (Å²) in [5.41, 5.74) is -0.764. The lowest BCUT2D eigenvalue weighted by Crippen LogP contribution is -2.57. The van der Waals surface area contributed by atoms with Gasteiger partial charge in [-0.1, -0.05) is 13.8 Å². The normalized spacial score (nSPS) is 27.9. The van der Waals surface area contributed by atoms with Crippen LogP contribution in [0.2, 0.25) is 0 Å². The van der Waals surface area contributed by atoms with Crippen LogP contribution in [0.15, 0.2) is 15.8 Å². The fourth-order valence-electron chi connectivity index (χ4n) is 5.01. The third-order valence-corrected chi connectivity index (χ3v) is 5.66. The number of aryl methyl sites for hydroxylation is 1. The molecule has 1 aliphatic carbocycles. The fourth-order valence-corrected chi connectivity index (χ4v) is 5.01. The minimum absolute atomic E-state index is 0.0382. The minimum atomic E-state index is -0.608. The van der Waals surface area contributed by atoms with Crippen LogP contribution in [0.3, 0.4) is 0 Å². The lowest BCUT2D eigenvalue weighted by atomic mass is 9.48. The predicted octanol–water partition coefficient (Wildman–Crippen LogP) is 0.124. The van der Waals surface area contributed by atoms with E-state index in [0.717, 1.165) is 13.0 Å². The fraction of sp³-hybridized carbons (Fsp3) is 0.706. The van der Waals surface area contributed by atoms with Gasteiger partial charge in [0.15, 0.2) is 0 Å². The van der Waals surface area contributed by atoms with E-state index in [9.17, 15) is 14.4 Å². The van der Waals surface area contributed by atoms with E-state index in [-0.39, 0.29) is 22.3 Å². The number of hydrogen-bond acceptors (Lipinski definition) is 4. The van der Waals surface area contributed by atoms with Gasteiger partial charge in [-0.05, 0) is 31.8 Å². The zero-order chi connectivity index (χ0) is 17.9. The van der Waals surface area contributed by atoms with Crippen molar-refractivity contribution in [2.45, 2.75) is 20.3 Å². The molecule has 24 heavy (non-hydrogen) atoms. The van der Waals surface area contributed by atoms with Crippen molar-refractivity contribution in [3.05, 3.63) is 32.6 Å². The highest BCUT2D eigenvalue weighted by molar-refractivity contribution is 5.93. The summed E-state index contributed by atoms with van der Waals surface area (Å²) in [4.78, 5) is 42.5. The van der Waals surface area contributed by atoms with Crippen LogP contribution in [0.25, 0.3) is 0 Å². The topological polar surface area (TPSA) is 78.4 Å². The number of nitrogens with one attached hydrogen (secondary N) is 1. The lowest BCUT2D eigenvalue weighted by Gasteiger charge is -2.57. The Hall–Kier alpha value is -1.89. The van der Waals surface area contributed by atoms with Gasteiger partial charge in [0.2, 0.25) is 0 Å². The Labute approximate surface area is 141 Å². The first kappa shape index (κ1) is 17.0. The average molecular weight is 334 g/mol. The number of carbonyl (C=O) groups is 1. The number of hydrogen-bond donors (Lipinski definition) is 1. The highest BCUT2D eigenvalue weighted by atomic mass is 16.2. The molecule has 7 heteroatoms. The molecule has 2 atom stereocenters. The van der Waals surface area contributed by atoms with Gasteiger partial charge < -0.3 is 14.4 Å². The number of rotatable bonds is 3. The average Bonchev–Trinajstić information content (AvgIpc) is 2.76. The Morgan fingerprint density at radius 1 is 1.38 bits per heavy atom. The Kier molecular flexibility index (Phi) is 3.75. The van der Waals surface area contributed by atoms with Crippen molar-refractivity contribution in [2.75, 3.05) is 33.7 Å². The van der Waals surface area contributed by atoms with Gasteiger partial charge in [-0.3, -0.25) is 14.6 Å². The summed E-state index contributed by atoms with van der Waals surface area (Å²) in [6, 6.07) is 0. The van der Waals surface area contributed by atoms with E-state index in [1.807, 2.05) is 0 Å². The summed E-state index contributed by atoms with van der Waals surface area (Å²) in [5.74, 6) is 0.151. The molecule has 1 saturated heterocycles. The highest BCUT2D eigenvalue weighted by Crippen LogP contribution is 2.62. The van der Waals surface area contributed by atoms with Gasteiger partial charge in [-0.25, -0.2) is 4.79 Å². The molecule has 1 aliphatic heterocycles. The molecule has 1 amide bonds. The van der Waals surface area contributed by atoms with Crippen LogP contribution in [0.4, 0.5) is 0 Å². The molecule has 0 spiro atoms. The van der Waals surface area contributed by atoms with Crippen molar-refractivity contribution in [1.29, 1.82) is 0 Å². The summed E-state index contributed by atoms with van der Waals surface area (Å²) >= 11 is 0. The molecule has 1 aromatic heterocycles. The van der Waals surface area contributed by atoms with E-state index in [4.69, 9.17) is 0 Å². The van der Waals surface area contributed by atoms with Crippen LogP contribution in [0.5, 0.6) is 0 Å². The Morgan fingerprint density at radius 3 is 2.62 bits per heavy atom. The van der Waals surface area contributed by atoms with E-state index in [0.29, 0.717) is 19.0 Å². The molecule has 2 heterocycles. The maximum absolute atomic E-state index is 12.9. The first-order valence-electron chi connectivity index (χ1n) is 8.30. The maximum Gasteiger partial charge on any atom is 0.328 e. The lowest BCUT2D eigenvalue weighted by molar-refractivity contribution is -0.0789. The SMILES string of the molecule is CN(C)C[C@@]12CN(C(=O)c3cn(C)c(=O)[nH]c3=O)C[C@@H]1C(C)(C)C2. The van der Waals surface area contributed by atoms with E-state index in [1.54, 1.807) is 4.90 Å².